The van der Waals surface area contributed by atoms with Crippen molar-refractivity contribution in [2.45, 2.75) is 130 Å². The third kappa shape index (κ3) is 12.7. The zero-order valence-corrected chi connectivity index (χ0v) is 16.7. The molecule has 0 aromatic heterocycles. The summed E-state index contributed by atoms with van der Waals surface area (Å²) in [6.07, 6.45) is 20.9. The molecule has 0 aliphatic carbocycles. The Morgan fingerprint density at radius 3 is 1.22 bits per heavy atom. The Morgan fingerprint density at radius 1 is 0.609 bits per heavy atom. The van der Waals surface area contributed by atoms with Crippen LogP contribution in [0, 0.1) is 5.41 Å². The minimum absolute atomic E-state index is 0.0486. The maximum atomic E-state index is 12.1. The average Bonchev–Trinajstić information content (AvgIpc) is 2.53. The molecule has 0 heterocycles. The first-order chi connectivity index (χ1) is 11.1. The molecule has 0 aromatic rings. The fraction of sp³-hybridized carbons (Fsp3) is 0.955. The molecule has 1 atom stereocenters. The second-order valence-corrected chi connectivity index (χ2v) is 7.86. The van der Waals surface area contributed by atoms with Crippen molar-refractivity contribution in [3.8, 4) is 0 Å². The van der Waals surface area contributed by atoms with Crippen LogP contribution in [-0.2, 0) is 4.79 Å². The summed E-state index contributed by atoms with van der Waals surface area (Å²) in [5.74, 6) is 0.411. The van der Waals surface area contributed by atoms with Crippen LogP contribution < -0.4 is 0 Å². The third-order valence-electron chi connectivity index (χ3n) is 5.51. The first kappa shape index (κ1) is 22.7. The molecule has 0 fully saturated rings. The smallest absolute Gasteiger partial charge is 0.135 e. The lowest BCUT2D eigenvalue weighted by Gasteiger charge is -2.27. The number of hydrogen-bond donors (Lipinski definition) is 0. The molecule has 0 radical (unpaired) electrons. The van der Waals surface area contributed by atoms with E-state index < -0.39 is 0 Å². The lowest BCUT2D eigenvalue weighted by Crippen LogP contribution is -2.25. The SMILES string of the molecule is CCCCCCCCCCC(C)(CCCCCCCC)C(C)=O. The Hall–Kier alpha value is -0.330. The van der Waals surface area contributed by atoms with Crippen LogP contribution in [-0.4, -0.2) is 5.78 Å². The molecule has 0 N–H and O–H groups in total. The predicted octanol–water partition coefficient (Wildman–Crippen LogP) is 7.86. The zero-order valence-electron chi connectivity index (χ0n) is 16.7. The standard InChI is InChI=1S/C22H44O/c1-5-7-9-11-13-14-16-18-20-22(4,21(3)23)19-17-15-12-10-8-6-2/h5-20H2,1-4H3. The summed E-state index contributed by atoms with van der Waals surface area (Å²) in [5, 5.41) is 0. The Labute approximate surface area is 147 Å². The van der Waals surface area contributed by atoms with Gasteiger partial charge in [-0.05, 0) is 19.8 Å². The Kier molecular flexibility index (Phi) is 15.0. The van der Waals surface area contributed by atoms with Gasteiger partial charge in [0.25, 0.3) is 0 Å². The van der Waals surface area contributed by atoms with E-state index >= 15 is 0 Å². The molecule has 0 spiro atoms. The van der Waals surface area contributed by atoms with Gasteiger partial charge < -0.3 is 0 Å². The first-order valence-electron chi connectivity index (χ1n) is 10.6. The van der Waals surface area contributed by atoms with Crippen molar-refractivity contribution in [1.82, 2.24) is 0 Å². The number of ketones is 1. The van der Waals surface area contributed by atoms with Gasteiger partial charge in [-0.15, -0.1) is 0 Å². The molecule has 138 valence electrons. The lowest BCUT2D eigenvalue weighted by atomic mass is 9.76. The summed E-state index contributed by atoms with van der Waals surface area (Å²) >= 11 is 0. The third-order valence-corrected chi connectivity index (χ3v) is 5.51. The van der Waals surface area contributed by atoms with Gasteiger partial charge in [-0.25, -0.2) is 0 Å². The number of unbranched alkanes of at least 4 members (excludes halogenated alkanes) is 12. The monoisotopic (exact) mass is 324 g/mol. The van der Waals surface area contributed by atoms with Gasteiger partial charge in [0.1, 0.15) is 5.78 Å². The molecule has 0 saturated heterocycles. The van der Waals surface area contributed by atoms with Gasteiger partial charge in [0, 0.05) is 5.41 Å². The highest BCUT2D eigenvalue weighted by Gasteiger charge is 2.28. The van der Waals surface area contributed by atoms with Crippen molar-refractivity contribution in [3.05, 3.63) is 0 Å². The molecule has 0 saturated carbocycles. The molecule has 1 nitrogen and oxygen atoms in total. The molecule has 1 unspecified atom stereocenters. The predicted molar refractivity (Wildman–Crippen MR) is 104 cm³/mol. The van der Waals surface area contributed by atoms with Gasteiger partial charge in [0.05, 0.1) is 0 Å². The molecular formula is C22H44O. The van der Waals surface area contributed by atoms with Crippen molar-refractivity contribution in [3.63, 3.8) is 0 Å². The highest BCUT2D eigenvalue weighted by molar-refractivity contribution is 5.81. The topological polar surface area (TPSA) is 17.1 Å². The van der Waals surface area contributed by atoms with E-state index in [0.29, 0.717) is 5.78 Å². The summed E-state index contributed by atoms with van der Waals surface area (Å²) in [7, 11) is 0. The number of rotatable bonds is 17. The second kappa shape index (κ2) is 15.2. The largest absolute Gasteiger partial charge is 0.299 e. The number of carbonyl (C=O) groups excluding carboxylic acids is 1. The first-order valence-corrected chi connectivity index (χ1v) is 10.6. The molecule has 0 amide bonds. The minimum atomic E-state index is -0.0486. The van der Waals surface area contributed by atoms with E-state index in [1.54, 1.807) is 0 Å². The van der Waals surface area contributed by atoms with E-state index in [1.807, 2.05) is 6.92 Å². The highest BCUT2D eigenvalue weighted by atomic mass is 16.1. The molecule has 0 rings (SSSR count). The Morgan fingerprint density at radius 2 is 0.913 bits per heavy atom. The van der Waals surface area contributed by atoms with E-state index in [9.17, 15) is 4.79 Å². The van der Waals surface area contributed by atoms with E-state index in [-0.39, 0.29) is 5.41 Å². The second-order valence-electron chi connectivity index (χ2n) is 7.86. The van der Waals surface area contributed by atoms with Crippen molar-refractivity contribution in [2.75, 3.05) is 0 Å². The van der Waals surface area contributed by atoms with Crippen LogP contribution in [0.3, 0.4) is 0 Å². The van der Waals surface area contributed by atoms with Crippen LogP contribution in [0.1, 0.15) is 130 Å². The molecule has 0 aliphatic rings. The van der Waals surface area contributed by atoms with Crippen LogP contribution in [0.15, 0.2) is 0 Å². The van der Waals surface area contributed by atoms with E-state index in [2.05, 4.69) is 20.8 Å². The summed E-state index contributed by atoms with van der Waals surface area (Å²) < 4.78 is 0. The fourth-order valence-corrected chi connectivity index (χ4v) is 3.42. The maximum absolute atomic E-state index is 12.1. The molecule has 23 heavy (non-hydrogen) atoms. The van der Waals surface area contributed by atoms with Crippen LogP contribution in [0.5, 0.6) is 0 Å². The number of carbonyl (C=O) groups is 1. The summed E-state index contributed by atoms with van der Waals surface area (Å²) in [6, 6.07) is 0. The van der Waals surface area contributed by atoms with Gasteiger partial charge in [-0.1, -0.05) is 111 Å². The van der Waals surface area contributed by atoms with Crippen molar-refractivity contribution in [2.24, 2.45) is 5.41 Å². The summed E-state index contributed by atoms with van der Waals surface area (Å²) in [5.41, 5.74) is -0.0486. The maximum Gasteiger partial charge on any atom is 0.135 e. The minimum Gasteiger partial charge on any atom is -0.299 e. The molecular weight excluding hydrogens is 280 g/mol. The molecule has 0 aliphatic heterocycles. The summed E-state index contributed by atoms with van der Waals surface area (Å²) in [4.78, 5) is 12.1. The van der Waals surface area contributed by atoms with Crippen LogP contribution >= 0.6 is 0 Å². The normalized spacial score (nSPS) is 13.9. The number of Topliss-reactive ketones (excluding diaryl/α,β-unsaturated/α-hetero) is 1. The zero-order chi connectivity index (χ0) is 17.4. The fourth-order valence-electron chi connectivity index (χ4n) is 3.42. The molecule has 0 bridgehead atoms. The van der Waals surface area contributed by atoms with E-state index in [4.69, 9.17) is 0 Å². The Bertz CT molecular complexity index is 271. The van der Waals surface area contributed by atoms with Gasteiger partial charge in [0.2, 0.25) is 0 Å². The van der Waals surface area contributed by atoms with Crippen LogP contribution in [0.2, 0.25) is 0 Å². The summed E-state index contributed by atoms with van der Waals surface area (Å²) in [6.45, 7) is 8.55. The van der Waals surface area contributed by atoms with Gasteiger partial charge in [-0.3, -0.25) is 4.79 Å². The van der Waals surface area contributed by atoms with Crippen molar-refractivity contribution >= 4 is 5.78 Å². The van der Waals surface area contributed by atoms with Gasteiger partial charge >= 0.3 is 0 Å². The van der Waals surface area contributed by atoms with Gasteiger partial charge in [-0.2, -0.15) is 0 Å². The van der Waals surface area contributed by atoms with Gasteiger partial charge in [0.15, 0.2) is 0 Å². The van der Waals surface area contributed by atoms with Crippen molar-refractivity contribution in [1.29, 1.82) is 0 Å². The quantitative estimate of drug-likeness (QED) is 0.249. The van der Waals surface area contributed by atoms with Crippen LogP contribution in [0.4, 0.5) is 0 Å². The van der Waals surface area contributed by atoms with E-state index in [0.717, 1.165) is 12.8 Å². The van der Waals surface area contributed by atoms with Crippen LogP contribution in [0.25, 0.3) is 0 Å². The highest BCUT2D eigenvalue weighted by Crippen LogP contribution is 2.32. The Balaban J connectivity index is 3.76. The van der Waals surface area contributed by atoms with Crippen molar-refractivity contribution < 1.29 is 4.79 Å². The lowest BCUT2D eigenvalue weighted by molar-refractivity contribution is -0.126. The average molecular weight is 325 g/mol. The molecule has 0 aromatic carbocycles. The molecule has 1 heteroatoms. The van der Waals surface area contributed by atoms with E-state index in [1.165, 1.54) is 89.9 Å². The number of hydrogen-bond acceptors (Lipinski definition) is 1.